The lowest BCUT2D eigenvalue weighted by atomic mass is 10.1. The van der Waals surface area contributed by atoms with Gasteiger partial charge in [-0.2, -0.15) is 17.9 Å². The second-order valence-corrected chi connectivity index (χ2v) is 3.78. The number of hydrogen-bond donors (Lipinski definition) is 1. The van der Waals surface area contributed by atoms with Gasteiger partial charge in [-0.3, -0.25) is 9.69 Å². The number of carbonyl (C=O) groups excluding carboxylic acids is 1. The van der Waals surface area contributed by atoms with Crippen molar-refractivity contribution in [1.29, 1.82) is 5.26 Å². The van der Waals surface area contributed by atoms with E-state index in [1.54, 1.807) is 0 Å². The zero-order valence-electron chi connectivity index (χ0n) is 7.88. The molecule has 0 spiro atoms. The molecule has 78 valence electrons. The molecule has 2 heterocycles. The van der Waals surface area contributed by atoms with Gasteiger partial charge in [0.15, 0.2) is 0 Å². The molecule has 1 unspecified atom stereocenters. The maximum atomic E-state index is 11.6. The Kier molecular flexibility index (Phi) is 2.64. The zero-order chi connectivity index (χ0) is 10.8. The fourth-order valence-electron chi connectivity index (χ4n) is 1.60. The Hall–Kier alpha value is -1.48. The molecule has 2 rings (SSSR count). The van der Waals surface area contributed by atoms with Crippen LogP contribution in [0.5, 0.6) is 0 Å². The molecule has 6 heteroatoms. The van der Waals surface area contributed by atoms with E-state index in [9.17, 15) is 4.79 Å². The molecular formula is C9H9N3O2S. The molecule has 1 fully saturated rings. The summed E-state index contributed by atoms with van der Waals surface area (Å²) in [6.07, 6.45) is 1.77. The smallest absolute Gasteiger partial charge is 0.251 e. The first-order valence-electron chi connectivity index (χ1n) is 4.52. The van der Waals surface area contributed by atoms with Crippen molar-refractivity contribution in [3.8, 4) is 6.07 Å². The summed E-state index contributed by atoms with van der Waals surface area (Å²) in [7, 11) is 0. The molecule has 0 radical (unpaired) electrons. The molecule has 1 aliphatic rings. The number of anilines is 1. The monoisotopic (exact) mass is 223 g/mol. The van der Waals surface area contributed by atoms with E-state index >= 15 is 0 Å². The van der Waals surface area contributed by atoms with E-state index in [1.165, 1.54) is 11.1 Å². The van der Waals surface area contributed by atoms with Gasteiger partial charge < -0.3 is 4.52 Å². The van der Waals surface area contributed by atoms with Crippen LogP contribution in [-0.2, 0) is 4.79 Å². The molecule has 1 aromatic rings. The molecule has 15 heavy (non-hydrogen) atoms. The third kappa shape index (κ3) is 1.70. The van der Waals surface area contributed by atoms with E-state index in [4.69, 9.17) is 9.78 Å². The first-order chi connectivity index (χ1) is 7.26. The van der Waals surface area contributed by atoms with Crippen molar-refractivity contribution in [2.75, 3.05) is 17.2 Å². The lowest BCUT2D eigenvalue weighted by molar-refractivity contribution is -0.117. The average Bonchev–Trinajstić information content (AvgIpc) is 2.82. The third-order valence-electron chi connectivity index (χ3n) is 2.38. The maximum absolute atomic E-state index is 11.6. The predicted molar refractivity (Wildman–Crippen MR) is 55.5 cm³/mol. The Morgan fingerprint density at radius 2 is 2.60 bits per heavy atom. The van der Waals surface area contributed by atoms with Gasteiger partial charge in [0.1, 0.15) is 11.6 Å². The fraction of sp³-hybridized carbons (Fsp3) is 0.444. The first kappa shape index (κ1) is 10.1. The molecule has 0 N–H and O–H groups in total. The predicted octanol–water partition coefficient (Wildman–Crippen LogP) is 0.829. The molecular weight excluding hydrogens is 214 g/mol. The van der Waals surface area contributed by atoms with Gasteiger partial charge in [-0.05, 0) is 11.7 Å². The summed E-state index contributed by atoms with van der Waals surface area (Å²) in [5.74, 6) is 1.09. The summed E-state index contributed by atoms with van der Waals surface area (Å²) in [6, 6.07) is 1.94. The van der Waals surface area contributed by atoms with Crippen LogP contribution in [0.1, 0.15) is 12.0 Å². The highest BCUT2D eigenvalue weighted by atomic mass is 32.1. The topological polar surface area (TPSA) is 70.1 Å². The number of rotatable bonds is 2. The Morgan fingerprint density at radius 1 is 1.80 bits per heavy atom. The highest BCUT2D eigenvalue weighted by molar-refractivity contribution is 7.80. The number of carbonyl (C=O) groups is 1. The van der Waals surface area contributed by atoms with Crippen molar-refractivity contribution in [2.24, 2.45) is 5.92 Å². The van der Waals surface area contributed by atoms with Gasteiger partial charge in [0, 0.05) is 13.0 Å². The molecule has 1 aromatic heterocycles. The van der Waals surface area contributed by atoms with Gasteiger partial charge in [0.2, 0.25) is 5.91 Å². The van der Waals surface area contributed by atoms with Gasteiger partial charge in [0.25, 0.3) is 5.88 Å². The second kappa shape index (κ2) is 3.95. The van der Waals surface area contributed by atoms with Crippen LogP contribution in [-0.4, -0.2) is 23.4 Å². The summed E-state index contributed by atoms with van der Waals surface area (Å²) in [5, 5.41) is 12.3. The minimum Gasteiger partial charge on any atom is -0.337 e. The maximum Gasteiger partial charge on any atom is 0.251 e. The minimum atomic E-state index is -0.0395. The van der Waals surface area contributed by atoms with Crippen LogP contribution in [0, 0.1) is 17.2 Å². The van der Waals surface area contributed by atoms with Crippen molar-refractivity contribution in [3.63, 3.8) is 0 Å². The summed E-state index contributed by atoms with van der Waals surface area (Å²) in [6.45, 7) is 0.548. The number of hydrogen-bond acceptors (Lipinski definition) is 5. The zero-order valence-corrected chi connectivity index (χ0v) is 8.78. The van der Waals surface area contributed by atoms with Crippen LogP contribution in [0.2, 0.25) is 0 Å². The first-order valence-corrected chi connectivity index (χ1v) is 5.15. The highest BCUT2D eigenvalue weighted by Gasteiger charge is 2.33. The lowest BCUT2D eigenvalue weighted by Gasteiger charge is -2.11. The lowest BCUT2D eigenvalue weighted by Crippen LogP contribution is -2.24. The Bertz CT molecular complexity index is 423. The second-order valence-electron chi connectivity index (χ2n) is 3.41. The van der Waals surface area contributed by atoms with Gasteiger partial charge in [-0.25, -0.2) is 0 Å². The molecule has 5 nitrogen and oxygen atoms in total. The van der Waals surface area contributed by atoms with Crippen molar-refractivity contribution < 1.29 is 9.32 Å². The van der Waals surface area contributed by atoms with E-state index in [1.807, 2.05) is 6.07 Å². The minimum absolute atomic E-state index is 0.0395. The standard InChI is InChI=1S/C9H9N3O2S/c10-2-7-3-11-14-9(7)12-4-6(5-15)1-8(12)13/h3,6,15H,1,4-5H2. The van der Waals surface area contributed by atoms with Crippen molar-refractivity contribution in [3.05, 3.63) is 11.8 Å². The van der Waals surface area contributed by atoms with Crippen LogP contribution in [0.15, 0.2) is 10.7 Å². The summed E-state index contributed by atoms with van der Waals surface area (Å²) in [5.41, 5.74) is 0.295. The number of thiol groups is 1. The summed E-state index contributed by atoms with van der Waals surface area (Å²) < 4.78 is 4.91. The largest absolute Gasteiger partial charge is 0.337 e. The van der Waals surface area contributed by atoms with E-state index < -0.39 is 0 Å². The molecule has 1 atom stereocenters. The molecule has 0 bridgehead atoms. The number of amides is 1. The van der Waals surface area contributed by atoms with Crippen LogP contribution < -0.4 is 4.90 Å². The van der Waals surface area contributed by atoms with Gasteiger partial charge in [0.05, 0.1) is 6.20 Å². The van der Waals surface area contributed by atoms with E-state index in [-0.39, 0.29) is 17.7 Å². The normalized spacial score (nSPS) is 20.7. The average molecular weight is 223 g/mol. The molecule has 1 amide bonds. The van der Waals surface area contributed by atoms with Crippen LogP contribution in [0.25, 0.3) is 0 Å². The van der Waals surface area contributed by atoms with E-state index in [0.29, 0.717) is 24.3 Å². The molecule has 0 saturated carbocycles. The van der Waals surface area contributed by atoms with Gasteiger partial charge in [-0.1, -0.05) is 5.16 Å². The van der Waals surface area contributed by atoms with Gasteiger partial charge >= 0.3 is 0 Å². The van der Waals surface area contributed by atoms with Crippen LogP contribution in [0.3, 0.4) is 0 Å². The van der Waals surface area contributed by atoms with E-state index in [0.717, 1.165) is 0 Å². The number of nitriles is 1. The summed E-state index contributed by atoms with van der Waals surface area (Å²) >= 11 is 4.15. The SMILES string of the molecule is N#Cc1cnoc1N1CC(CS)CC1=O. The number of aromatic nitrogens is 1. The van der Waals surface area contributed by atoms with E-state index in [2.05, 4.69) is 17.8 Å². The number of nitrogens with zero attached hydrogens (tertiary/aromatic N) is 3. The van der Waals surface area contributed by atoms with Crippen molar-refractivity contribution in [2.45, 2.75) is 6.42 Å². The fourth-order valence-corrected chi connectivity index (χ4v) is 1.85. The molecule has 1 aliphatic heterocycles. The molecule has 1 saturated heterocycles. The third-order valence-corrected chi connectivity index (χ3v) is 2.90. The Balaban J connectivity index is 2.26. The Labute approximate surface area is 92.0 Å². The quantitative estimate of drug-likeness (QED) is 0.754. The van der Waals surface area contributed by atoms with Crippen LogP contribution >= 0.6 is 12.6 Å². The van der Waals surface area contributed by atoms with Crippen LogP contribution in [0.4, 0.5) is 5.88 Å². The molecule has 0 aliphatic carbocycles. The van der Waals surface area contributed by atoms with Crippen molar-refractivity contribution in [1.82, 2.24) is 5.16 Å². The summed E-state index contributed by atoms with van der Waals surface area (Å²) in [4.78, 5) is 13.1. The van der Waals surface area contributed by atoms with Gasteiger partial charge in [-0.15, -0.1) is 0 Å². The Morgan fingerprint density at radius 3 is 3.20 bits per heavy atom. The molecule has 0 aromatic carbocycles. The highest BCUT2D eigenvalue weighted by Crippen LogP contribution is 2.27. The van der Waals surface area contributed by atoms with Crippen molar-refractivity contribution >= 4 is 24.4 Å².